The maximum absolute atomic E-state index is 6.26. The van der Waals surface area contributed by atoms with E-state index in [4.69, 9.17) is 15.2 Å². The van der Waals surface area contributed by atoms with Crippen molar-refractivity contribution in [3.63, 3.8) is 0 Å². The lowest BCUT2D eigenvalue weighted by Crippen LogP contribution is -2.14. The molecule has 2 N–H and O–H groups in total. The van der Waals surface area contributed by atoms with Crippen LogP contribution in [0.3, 0.4) is 0 Å². The van der Waals surface area contributed by atoms with Gasteiger partial charge in [-0.15, -0.1) is 11.8 Å². The van der Waals surface area contributed by atoms with E-state index < -0.39 is 0 Å². The number of hydrogen-bond donors (Lipinski definition) is 1. The first-order valence-corrected chi connectivity index (χ1v) is 7.38. The number of para-hydroxylation sites is 1. The number of nitrogens with two attached hydrogens (primary N) is 1. The summed E-state index contributed by atoms with van der Waals surface area (Å²) in [6.45, 7) is 0. The van der Waals surface area contributed by atoms with Crippen LogP contribution < -0.4 is 15.2 Å². The van der Waals surface area contributed by atoms with Crippen LogP contribution in [0.4, 0.5) is 0 Å². The smallest absolute Gasteiger partial charge is 0.123 e. The molecule has 0 saturated carbocycles. The Balaban J connectivity index is 2.02. The molecular formula is C16H19NO2S. The summed E-state index contributed by atoms with van der Waals surface area (Å²) in [5.41, 5.74) is 7.29. The standard InChI is InChI=1S/C16H19NO2S/c1-18-12-6-5-7-13(10-12)20-11-15(17)14-8-3-4-9-16(14)19-2/h3-10,15H,11,17H2,1-2H3. The fourth-order valence-corrected chi connectivity index (χ4v) is 2.87. The lowest BCUT2D eigenvalue weighted by atomic mass is 10.1. The number of hydrogen-bond acceptors (Lipinski definition) is 4. The fraction of sp³-hybridized carbons (Fsp3) is 0.250. The molecule has 0 amide bonds. The van der Waals surface area contributed by atoms with E-state index in [0.717, 1.165) is 27.7 Å². The van der Waals surface area contributed by atoms with Crippen molar-refractivity contribution in [2.24, 2.45) is 5.73 Å². The van der Waals surface area contributed by atoms with Gasteiger partial charge < -0.3 is 15.2 Å². The van der Waals surface area contributed by atoms with Crippen molar-refractivity contribution < 1.29 is 9.47 Å². The molecule has 0 radical (unpaired) electrons. The minimum absolute atomic E-state index is 0.0673. The van der Waals surface area contributed by atoms with Gasteiger partial charge in [-0.3, -0.25) is 0 Å². The first-order chi connectivity index (χ1) is 9.74. The van der Waals surface area contributed by atoms with E-state index in [9.17, 15) is 0 Å². The summed E-state index contributed by atoms with van der Waals surface area (Å²) in [7, 11) is 3.34. The molecule has 0 saturated heterocycles. The Bertz CT molecular complexity index is 560. The number of thioether (sulfide) groups is 1. The van der Waals surface area contributed by atoms with E-state index in [1.807, 2.05) is 42.5 Å². The van der Waals surface area contributed by atoms with Crippen molar-refractivity contribution in [1.82, 2.24) is 0 Å². The van der Waals surface area contributed by atoms with Crippen LogP contribution >= 0.6 is 11.8 Å². The molecule has 0 aliphatic carbocycles. The average Bonchev–Trinajstić information content (AvgIpc) is 2.52. The minimum Gasteiger partial charge on any atom is -0.497 e. The molecule has 0 spiro atoms. The zero-order valence-electron chi connectivity index (χ0n) is 11.7. The van der Waals surface area contributed by atoms with Crippen molar-refractivity contribution in [3.8, 4) is 11.5 Å². The van der Waals surface area contributed by atoms with Gasteiger partial charge in [-0.2, -0.15) is 0 Å². The second kappa shape index (κ2) is 7.22. The quantitative estimate of drug-likeness (QED) is 0.827. The summed E-state index contributed by atoms with van der Waals surface area (Å²) in [4.78, 5) is 1.15. The van der Waals surface area contributed by atoms with Gasteiger partial charge in [0.25, 0.3) is 0 Å². The second-order valence-electron chi connectivity index (χ2n) is 4.34. The largest absolute Gasteiger partial charge is 0.497 e. The van der Waals surface area contributed by atoms with Gasteiger partial charge in [0, 0.05) is 22.3 Å². The Morgan fingerprint density at radius 1 is 1.05 bits per heavy atom. The van der Waals surface area contributed by atoms with Gasteiger partial charge >= 0.3 is 0 Å². The predicted octanol–water partition coefficient (Wildman–Crippen LogP) is 3.50. The van der Waals surface area contributed by atoms with Crippen LogP contribution in [0.25, 0.3) is 0 Å². The fourth-order valence-electron chi connectivity index (χ4n) is 1.94. The molecule has 1 unspecified atom stereocenters. The molecule has 0 aliphatic rings. The van der Waals surface area contributed by atoms with E-state index in [1.54, 1.807) is 26.0 Å². The number of rotatable bonds is 6. The summed E-state index contributed by atoms with van der Waals surface area (Å²) in [5, 5.41) is 0. The lowest BCUT2D eigenvalue weighted by molar-refractivity contribution is 0.407. The topological polar surface area (TPSA) is 44.5 Å². The first kappa shape index (κ1) is 14.8. The molecule has 0 fully saturated rings. The van der Waals surface area contributed by atoms with Gasteiger partial charge in [0.2, 0.25) is 0 Å². The van der Waals surface area contributed by atoms with Crippen LogP contribution in [-0.4, -0.2) is 20.0 Å². The lowest BCUT2D eigenvalue weighted by Gasteiger charge is -2.15. The van der Waals surface area contributed by atoms with Gasteiger partial charge in [-0.25, -0.2) is 0 Å². The SMILES string of the molecule is COc1cccc(SCC(N)c2ccccc2OC)c1. The normalized spacial score (nSPS) is 11.9. The Morgan fingerprint density at radius 2 is 1.85 bits per heavy atom. The van der Waals surface area contributed by atoms with Crippen LogP contribution in [0, 0.1) is 0 Å². The second-order valence-corrected chi connectivity index (χ2v) is 5.43. The molecule has 2 aromatic rings. The monoisotopic (exact) mass is 289 g/mol. The van der Waals surface area contributed by atoms with Gasteiger partial charge in [0.05, 0.1) is 14.2 Å². The van der Waals surface area contributed by atoms with Crippen molar-refractivity contribution >= 4 is 11.8 Å². The van der Waals surface area contributed by atoms with Gasteiger partial charge in [0.15, 0.2) is 0 Å². The molecule has 2 rings (SSSR count). The summed E-state index contributed by atoms with van der Waals surface area (Å²) < 4.78 is 10.6. The first-order valence-electron chi connectivity index (χ1n) is 6.40. The highest BCUT2D eigenvalue weighted by Gasteiger charge is 2.11. The Morgan fingerprint density at radius 3 is 2.60 bits per heavy atom. The van der Waals surface area contributed by atoms with Crippen LogP contribution in [-0.2, 0) is 0 Å². The molecule has 20 heavy (non-hydrogen) atoms. The van der Waals surface area contributed by atoms with Gasteiger partial charge in [-0.05, 0) is 24.3 Å². The van der Waals surface area contributed by atoms with Crippen LogP contribution in [0.1, 0.15) is 11.6 Å². The third-order valence-corrected chi connectivity index (χ3v) is 4.12. The third-order valence-electron chi connectivity index (χ3n) is 3.01. The maximum Gasteiger partial charge on any atom is 0.123 e. The summed E-state index contributed by atoms with van der Waals surface area (Å²) >= 11 is 1.71. The molecular weight excluding hydrogens is 270 g/mol. The average molecular weight is 289 g/mol. The number of methoxy groups -OCH3 is 2. The van der Waals surface area contributed by atoms with E-state index >= 15 is 0 Å². The van der Waals surface area contributed by atoms with E-state index in [2.05, 4.69) is 6.07 Å². The molecule has 3 nitrogen and oxygen atoms in total. The number of benzene rings is 2. The molecule has 0 bridgehead atoms. The minimum atomic E-state index is -0.0673. The molecule has 106 valence electrons. The molecule has 4 heteroatoms. The van der Waals surface area contributed by atoms with Crippen molar-refractivity contribution in [1.29, 1.82) is 0 Å². The van der Waals surface area contributed by atoms with E-state index in [-0.39, 0.29) is 6.04 Å². The van der Waals surface area contributed by atoms with Crippen molar-refractivity contribution in [2.45, 2.75) is 10.9 Å². The summed E-state index contributed by atoms with van der Waals surface area (Å²) in [6.07, 6.45) is 0. The predicted molar refractivity (Wildman–Crippen MR) is 83.6 cm³/mol. The van der Waals surface area contributed by atoms with Gasteiger partial charge in [-0.1, -0.05) is 24.3 Å². The molecule has 1 atom stereocenters. The van der Waals surface area contributed by atoms with Crippen molar-refractivity contribution in [3.05, 3.63) is 54.1 Å². The Labute approximate surface area is 124 Å². The molecule has 0 heterocycles. The number of ether oxygens (including phenoxy) is 2. The highest BCUT2D eigenvalue weighted by Crippen LogP contribution is 2.29. The molecule has 0 aromatic heterocycles. The molecule has 0 aliphatic heterocycles. The van der Waals surface area contributed by atoms with Crippen LogP contribution in [0.2, 0.25) is 0 Å². The third kappa shape index (κ3) is 3.68. The van der Waals surface area contributed by atoms with Crippen molar-refractivity contribution in [2.75, 3.05) is 20.0 Å². The van der Waals surface area contributed by atoms with E-state index in [1.165, 1.54) is 0 Å². The van der Waals surface area contributed by atoms with Crippen LogP contribution in [0.5, 0.6) is 11.5 Å². The van der Waals surface area contributed by atoms with E-state index in [0.29, 0.717) is 0 Å². The maximum atomic E-state index is 6.26. The molecule has 2 aromatic carbocycles. The Hall–Kier alpha value is -1.65. The van der Waals surface area contributed by atoms with Gasteiger partial charge in [0.1, 0.15) is 11.5 Å². The summed E-state index contributed by atoms with van der Waals surface area (Å²) in [5.74, 6) is 2.49. The Kier molecular flexibility index (Phi) is 5.32. The highest BCUT2D eigenvalue weighted by molar-refractivity contribution is 7.99. The zero-order chi connectivity index (χ0) is 14.4. The highest BCUT2D eigenvalue weighted by atomic mass is 32.2. The van der Waals surface area contributed by atoms with Crippen LogP contribution in [0.15, 0.2) is 53.4 Å². The zero-order valence-corrected chi connectivity index (χ0v) is 12.5. The summed E-state index contributed by atoms with van der Waals surface area (Å²) in [6, 6.07) is 15.8.